The first-order chi connectivity index (χ1) is 8.31. The van der Waals surface area contributed by atoms with Gasteiger partial charge in [0.25, 0.3) is 0 Å². The summed E-state index contributed by atoms with van der Waals surface area (Å²) in [6.07, 6.45) is 2.61. The van der Waals surface area contributed by atoms with Gasteiger partial charge >= 0.3 is 12.0 Å². The number of rotatable bonds is 5. The summed E-state index contributed by atoms with van der Waals surface area (Å²) in [4.78, 5) is 22.8. The van der Waals surface area contributed by atoms with Crippen LogP contribution in [0.25, 0.3) is 0 Å². The van der Waals surface area contributed by atoms with Crippen molar-refractivity contribution in [3.05, 3.63) is 0 Å². The topological polar surface area (TPSA) is 78.4 Å². The van der Waals surface area contributed by atoms with Crippen LogP contribution < -0.4 is 10.6 Å². The second-order valence-electron chi connectivity index (χ2n) is 5.20. The zero-order valence-electron chi connectivity index (χ0n) is 11.2. The van der Waals surface area contributed by atoms with Crippen LogP contribution in [-0.4, -0.2) is 39.7 Å². The van der Waals surface area contributed by atoms with Crippen molar-refractivity contribution in [2.45, 2.75) is 50.3 Å². The molecule has 2 amide bonds. The van der Waals surface area contributed by atoms with Gasteiger partial charge in [-0.05, 0) is 38.9 Å². The quantitative estimate of drug-likeness (QED) is 0.714. The Kier molecular flexibility index (Phi) is 4.90. The van der Waals surface area contributed by atoms with E-state index in [2.05, 4.69) is 17.6 Å². The Balaban J connectivity index is 2.44. The fourth-order valence-electron chi connectivity index (χ4n) is 1.83. The molecule has 0 aromatic rings. The van der Waals surface area contributed by atoms with Crippen LogP contribution in [0, 0.1) is 0 Å². The van der Waals surface area contributed by atoms with Gasteiger partial charge in [-0.25, -0.2) is 9.59 Å². The zero-order chi connectivity index (χ0) is 13.8. The molecule has 6 heteroatoms. The third-order valence-corrected chi connectivity index (χ3v) is 5.03. The molecule has 1 rings (SSSR count). The fraction of sp³-hybridized carbons (Fsp3) is 0.833. The number of hydrogen-bond acceptors (Lipinski definition) is 3. The molecule has 1 heterocycles. The number of thioether (sulfide) groups is 1. The van der Waals surface area contributed by atoms with E-state index in [-0.39, 0.29) is 4.75 Å². The number of aliphatic carboxylic acids is 1. The average molecular weight is 274 g/mol. The smallest absolute Gasteiger partial charge is 0.329 e. The third kappa shape index (κ3) is 3.80. The molecule has 1 fully saturated rings. The Bertz CT molecular complexity index is 329. The van der Waals surface area contributed by atoms with E-state index in [4.69, 9.17) is 5.11 Å². The van der Waals surface area contributed by atoms with Gasteiger partial charge in [-0.2, -0.15) is 11.8 Å². The Morgan fingerprint density at radius 2 is 2.17 bits per heavy atom. The number of urea groups is 1. The zero-order valence-corrected chi connectivity index (χ0v) is 12.0. The van der Waals surface area contributed by atoms with Gasteiger partial charge in [0.1, 0.15) is 5.54 Å². The lowest BCUT2D eigenvalue weighted by Gasteiger charge is -2.27. The molecule has 18 heavy (non-hydrogen) atoms. The Morgan fingerprint density at radius 1 is 1.50 bits per heavy atom. The van der Waals surface area contributed by atoms with Crippen LogP contribution in [0.5, 0.6) is 0 Å². The van der Waals surface area contributed by atoms with Crippen LogP contribution in [0.1, 0.15) is 40.0 Å². The minimum absolute atomic E-state index is 0.0865. The second kappa shape index (κ2) is 5.82. The first-order valence-corrected chi connectivity index (χ1v) is 7.23. The summed E-state index contributed by atoms with van der Waals surface area (Å²) in [6, 6.07) is -0.407. The van der Waals surface area contributed by atoms with Gasteiger partial charge in [-0.15, -0.1) is 0 Å². The number of hydrogen-bond donors (Lipinski definition) is 3. The van der Waals surface area contributed by atoms with Gasteiger partial charge in [0, 0.05) is 11.3 Å². The second-order valence-corrected chi connectivity index (χ2v) is 6.88. The molecule has 0 aromatic carbocycles. The van der Waals surface area contributed by atoms with Crippen molar-refractivity contribution in [1.82, 2.24) is 10.6 Å². The molecule has 1 aliphatic heterocycles. The van der Waals surface area contributed by atoms with Gasteiger partial charge < -0.3 is 15.7 Å². The number of amides is 2. The van der Waals surface area contributed by atoms with E-state index in [1.54, 1.807) is 6.92 Å². The van der Waals surface area contributed by atoms with E-state index in [0.29, 0.717) is 13.0 Å². The van der Waals surface area contributed by atoms with Crippen molar-refractivity contribution in [3.63, 3.8) is 0 Å². The third-order valence-electron chi connectivity index (χ3n) is 3.49. The molecule has 1 saturated heterocycles. The van der Waals surface area contributed by atoms with E-state index in [1.165, 1.54) is 13.3 Å². The Labute approximate surface area is 112 Å². The molecule has 2 atom stereocenters. The van der Waals surface area contributed by atoms with E-state index >= 15 is 0 Å². The summed E-state index contributed by atoms with van der Waals surface area (Å²) in [5.74, 6) is 0.114. The number of carboxylic acid groups (broad SMARTS) is 1. The molecular weight excluding hydrogens is 252 g/mol. The number of carboxylic acids is 1. The van der Waals surface area contributed by atoms with Gasteiger partial charge in [0.2, 0.25) is 0 Å². The molecule has 0 bridgehead atoms. The maximum atomic E-state index is 11.7. The summed E-state index contributed by atoms with van der Waals surface area (Å²) in [5.41, 5.74) is -1.20. The van der Waals surface area contributed by atoms with Crippen molar-refractivity contribution in [1.29, 1.82) is 0 Å². The first kappa shape index (κ1) is 15.1. The van der Waals surface area contributed by atoms with Crippen molar-refractivity contribution in [3.8, 4) is 0 Å². The van der Waals surface area contributed by atoms with Crippen molar-refractivity contribution < 1.29 is 14.7 Å². The first-order valence-electron chi connectivity index (χ1n) is 6.25. The van der Waals surface area contributed by atoms with E-state index in [9.17, 15) is 9.59 Å². The largest absolute Gasteiger partial charge is 0.480 e. The molecule has 0 saturated carbocycles. The molecule has 0 radical (unpaired) electrons. The molecule has 3 N–H and O–H groups in total. The SMILES string of the molecule is CCC(C)(NC(=O)NCC1(C)CCCS1)C(=O)O. The van der Waals surface area contributed by atoms with Gasteiger partial charge in [-0.1, -0.05) is 6.92 Å². The average Bonchev–Trinajstić information content (AvgIpc) is 2.74. The summed E-state index contributed by atoms with van der Waals surface area (Å²) < 4.78 is 0.0865. The summed E-state index contributed by atoms with van der Waals surface area (Å²) in [7, 11) is 0. The molecule has 104 valence electrons. The summed E-state index contributed by atoms with van der Waals surface area (Å²) in [6.45, 7) is 5.95. The minimum atomic E-state index is -1.20. The van der Waals surface area contributed by atoms with Crippen LogP contribution in [-0.2, 0) is 4.79 Å². The van der Waals surface area contributed by atoms with E-state index in [1.807, 2.05) is 11.8 Å². The van der Waals surface area contributed by atoms with Crippen molar-refractivity contribution in [2.24, 2.45) is 0 Å². The predicted molar refractivity (Wildman–Crippen MR) is 73.0 cm³/mol. The molecule has 0 aliphatic carbocycles. The lowest BCUT2D eigenvalue weighted by atomic mass is 10.00. The Morgan fingerprint density at radius 3 is 2.61 bits per heavy atom. The highest BCUT2D eigenvalue weighted by molar-refractivity contribution is 8.00. The normalized spacial score (nSPS) is 26.4. The van der Waals surface area contributed by atoms with Gasteiger partial charge in [0.15, 0.2) is 0 Å². The summed E-state index contributed by atoms with van der Waals surface area (Å²) in [5, 5.41) is 14.4. The molecular formula is C12H22N2O3S. The van der Waals surface area contributed by atoms with Crippen molar-refractivity contribution in [2.75, 3.05) is 12.3 Å². The van der Waals surface area contributed by atoms with Gasteiger partial charge in [0.05, 0.1) is 0 Å². The van der Waals surface area contributed by atoms with Crippen LogP contribution >= 0.6 is 11.8 Å². The van der Waals surface area contributed by atoms with Crippen LogP contribution in [0.15, 0.2) is 0 Å². The van der Waals surface area contributed by atoms with E-state index < -0.39 is 17.5 Å². The molecule has 0 aromatic heterocycles. The maximum Gasteiger partial charge on any atom is 0.329 e. The number of nitrogens with one attached hydrogen (secondary N) is 2. The Hall–Kier alpha value is -0.910. The lowest BCUT2D eigenvalue weighted by Crippen LogP contribution is -2.56. The number of carbonyl (C=O) groups excluding carboxylic acids is 1. The number of carbonyl (C=O) groups is 2. The van der Waals surface area contributed by atoms with Gasteiger partial charge in [-0.3, -0.25) is 0 Å². The van der Waals surface area contributed by atoms with Crippen molar-refractivity contribution >= 4 is 23.8 Å². The van der Waals surface area contributed by atoms with Crippen LogP contribution in [0.3, 0.4) is 0 Å². The standard InChI is InChI=1S/C12H22N2O3S/c1-4-12(3,9(15)16)14-10(17)13-8-11(2)6-5-7-18-11/h4-8H2,1-3H3,(H,15,16)(H2,13,14,17). The molecule has 0 spiro atoms. The summed E-state index contributed by atoms with van der Waals surface area (Å²) >= 11 is 1.86. The monoisotopic (exact) mass is 274 g/mol. The predicted octanol–water partition coefficient (Wildman–Crippen LogP) is 1.82. The van der Waals surface area contributed by atoms with E-state index in [0.717, 1.165) is 12.2 Å². The highest BCUT2D eigenvalue weighted by atomic mass is 32.2. The molecule has 1 aliphatic rings. The maximum absolute atomic E-state index is 11.7. The minimum Gasteiger partial charge on any atom is -0.480 e. The highest BCUT2D eigenvalue weighted by Crippen LogP contribution is 2.36. The van der Waals surface area contributed by atoms with Crippen LogP contribution in [0.4, 0.5) is 4.79 Å². The molecule has 5 nitrogen and oxygen atoms in total. The lowest BCUT2D eigenvalue weighted by molar-refractivity contribution is -0.143. The van der Waals surface area contributed by atoms with Crippen LogP contribution in [0.2, 0.25) is 0 Å². The molecule has 2 unspecified atom stereocenters. The highest BCUT2D eigenvalue weighted by Gasteiger charge is 2.34. The fourth-order valence-corrected chi connectivity index (χ4v) is 3.08.